The van der Waals surface area contributed by atoms with E-state index < -0.39 is 22.4 Å². The molecular formula is C47H67F. The zero-order chi connectivity index (χ0) is 36.6. The van der Waals surface area contributed by atoms with E-state index in [0.717, 1.165) is 41.6 Å². The second-order valence-corrected chi connectivity index (χ2v) is 15.6. The molecule has 0 spiro atoms. The number of halogens is 1. The molecule has 0 saturated heterocycles. The second-order valence-electron chi connectivity index (χ2n) is 15.6. The fourth-order valence-electron chi connectivity index (χ4n) is 9.93. The molecule has 0 heterocycles. The molecule has 1 fully saturated rings. The number of alkyl halides is 1. The van der Waals surface area contributed by atoms with Gasteiger partial charge in [-0.05, 0) is 108 Å². The zero-order valence-corrected chi connectivity index (χ0v) is 33.2. The van der Waals surface area contributed by atoms with Crippen molar-refractivity contribution in [2.75, 3.05) is 0 Å². The van der Waals surface area contributed by atoms with Gasteiger partial charge in [-0.2, -0.15) is 0 Å². The Morgan fingerprint density at radius 1 is 0.917 bits per heavy atom. The first kappa shape index (κ1) is 39.5. The molecule has 262 valence electrons. The van der Waals surface area contributed by atoms with Gasteiger partial charge in [-0.3, -0.25) is 0 Å². The van der Waals surface area contributed by atoms with Crippen LogP contribution in [0.2, 0.25) is 0 Å². The molecule has 1 heteroatoms. The van der Waals surface area contributed by atoms with Gasteiger partial charge in [-0.15, -0.1) is 0 Å². The first-order valence-corrected chi connectivity index (χ1v) is 18.8. The third kappa shape index (κ3) is 5.66. The van der Waals surface area contributed by atoms with Crippen molar-refractivity contribution in [1.82, 2.24) is 0 Å². The van der Waals surface area contributed by atoms with Crippen LogP contribution in [0, 0.1) is 27.6 Å². The predicted molar refractivity (Wildman–Crippen MR) is 212 cm³/mol. The Labute approximate surface area is 295 Å². The average Bonchev–Trinajstić information content (AvgIpc) is 3.06. The smallest absolute Gasteiger partial charge is 0.117 e. The van der Waals surface area contributed by atoms with Crippen LogP contribution in [-0.4, -0.2) is 6.17 Å². The summed E-state index contributed by atoms with van der Waals surface area (Å²) in [5.74, 6) is 0.0877. The molecule has 1 aromatic rings. The predicted octanol–water partition coefficient (Wildman–Crippen LogP) is 14.5. The lowest BCUT2D eigenvalue weighted by Gasteiger charge is -2.67. The highest BCUT2D eigenvalue weighted by atomic mass is 19.1. The van der Waals surface area contributed by atoms with Gasteiger partial charge in [0.15, 0.2) is 0 Å². The highest BCUT2D eigenvalue weighted by Gasteiger charge is 2.69. The number of benzene rings is 1. The van der Waals surface area contributed by atoms with Crippen LogP contribution < -0.4 is 0 Å². The third-order valence-electron chi connectivity index (χ3n) is 13.1. The summed E-state index contributed by atoms with van der Waals surface area (Å²) in [4.78, 5) is 0. The molecule has 6 atom stereocenters. The van der Waals surface area contributed by atoms with Gasteiger partial charge in [0, 0.05) is 21.7 Å². The van der Waals surface area contributed by atoms with Crippen LogP contribution in [0.4, 0.5) is 4.39 Å². The molecular weight excluding hydrogens is 584 g/mol. The molecule has 1 saturated carbocycles. The van der Waals surface area contributed by atoms with E-state index >= 15 is 4.39 Å². The molecule has 0 aromatic heterocycles. The normalized spacial score (nSPS) is 32.9. The van der Waals surface area contributed by atoms with Crippen LogP contribution in [0.1, 0.15) is 134 Å². The number of rotatable bonds is 5. The zero-order valence-electron chi connectivity index (χ0n) is 33.2. The van der Waals surface area contributed by atoms with Gasteiger partial charge >= 0.3 is 0 Å². The molecule has 0 amide bonds. The topological polar surface area (TPSA) is 0 Å². The molecule has 0 aliphatic heterocycles. The minimum atomic E-state index is -1.05. The average molecular weight is 651 g/mol. The summed E-state index contributed by atoms with van der Waals surface area (Å²) in [7, 11) is 0. The van der Waals surface area contributed by atoms with Gasteiger partial charge in [-0.25, -0.2) is 4.39 Å². The first-order valence-electron chi connectivity index (χ1n) is 18.8. The Hall–Kier alpha value is -2.93. The van der Waals surface area contributed by atoms with E-state index in [2.05, 4.69) is 132 Å². The summed E-state index contributed by atoms with van der Waals surface area (Å²) in [5, 5.41) is 0. The van der Waals surface area contributed by atoms with E-state index in [1.54, 1.807) is 0 Å². The minimum Gasteiger partial charge on any atom is -0.246 e. The van der Waals surface area contributed by atoms with Gasteiger partial charge in [-0.1, -0.05) is 156 Å². The molecule has 0 radical (unpaired) electrons. The van der Waals surface area contributed by atoms with Crippen LogP contribution in [0.15, 0.2) is 112 Å². The number of hydrogen-bond donors (Lipinski definition) is 0. The summed E-state index contributed by atoms with van der Waals surface area (Å²) in [6.45, 7) is 44.5. The van der Waals surface area contributed by atoms with Crippen LogP contribution in [0.5, 0.6) is 0 Å². The lowest BCUT2D eigenvalue weighted by Crippen LogP contribution is -2.64. The standard InChI is InChI=1S/C42H53F.C3H8.C2H6/c1-14-25(3)35-26(4)24-40(11)38(43)41(12)31(9)39(10)23-22-34(21-20-33-18-16-32(15-2)17-19-33)27(5)36(39)28(6)37(41)30(8)42(40,13)29(35)7;1-3-2;1-2/h16-22,31,38H,3,6-7,14-15,23-24H2,1-2,4-5,8-13H3;3H2,1-2H3;1-2H3/b21-20+;;. The van der Waals surface area contributed by atoms with Gasteiger partial charge in [0.25, 0.3) is 0 Å². The summed E-state index contributed by atoms with van der Waals surface area (Å²) >= 11 is 0. The van der Waals surface area contributed by atoms with E-state index in [9.17, 15) is 0 Å². The Morgan fingerprint density at radius 3 is 2.00 bits per heavy atom. The van der Waals surface area contributed by atoms with Gasteiger partial charge in [0.1, 0.15) is 6.17 Å². The Morgan fingerprint density at radius 2 is 1.48 bits per heavy atom. The molecule has 4 aliphatic rings. The van der Waals surface area contributed by atoms with Crippen molar-refractivity contribution in [2.45, 2.75) is 135 Å². The molecule has 4 aliphatic carbocycles. The summed E-state index contributed by atoms with van der Waals surface area (Å²) < 4.78 is 17.9. The van der Waals surface area contributed by atoms with Crippen LogP contribution in [0.3, 0.4) is 0 Å². The van der Waals surface area contributed by atoms with Crippen molar-refractivity contribution in [3.05, 3.63) is 123 Å². The van der Waals surface area contributed by atoms with E-state index in [0.29, 0.717) is 6.42 Å². The molecule has 1 aromatic carbocycles. The van der Waals surface area contributed by atoms with Crippen molar-refractivity contribution in [3.8, 4) is 0 Å². The fourth-order valence-corrected chi connectivity index (χ4v) is 9.93. The highest BCUT2D eigenvalue weighted by Crippen LogP contribution is 2.75. The molecule has 6 unspecified atom stereocenters. The largest absolute Gasteiger partial charge is 0.246 e. The van der Waals surface area contributed by atoms with Gasteiger partial charge in [0.2, 0.25) is 0 Å². The molecule has 0 nitrogen and oxygen atoms in total. The van der Waals surface area contributed by atoms with Gasteiger partial charge in [0.05, 0.1) is 0 Å². The molecule has 48 heavy (non-hydrogen) atoms. The van der Waals surface area contributed by atoms with Crippen molar-refractivity contribution in [1.29, 1.82) is 0 Å². The quantitative estimate of drug-likeness (QED) is 0.297. The third-order valence-corrected chi connectivity index (χ3v) is 13.1. The number of allylic oxidation sites excluding steroid dienone is 12. The molecule has 0 bridgehead atoms. The maximum Gasteiger partial charge on any atom is 0.117 e. The van der Waals surface area contributed by atoms with E-state index in [4.69, 9.17) is 13.2 Å². The van der Waals surface area contributed by atoms with Crippen LogP contribution in [-0.2, 0) is 6.42 Å². The number of hydrogen-bond acceptors (Lipinski definition) is 0. The first-order chi connectivity index (χ1) is 22.5. The number of aryl methyl sites for hydroxylation is 1. The summed E-state index contributed by atoms with van der Waals surface area (Å²) in [6, 6.07) is 8.81. The lowest BCUT2D eigenvalue weighted by atomic mass is 9.36. The Bertz CT molecular complexity index is 1600. The summed E-state index contributed by atoms with van der Waals surface area (Å²) in [5.41, 5.74) is 12.3. The second kappa shape index (κ2) is 14.5. The maximum atomic E-state index is 17.9. The molecule has 0 N–H and O–H groups in total. The van der Waals surface area contributed by atoms with Crippen molar-refractivity contribution < 1.29 is 4.39 Å². The van der Waals surface area contributed by atoms with E-state index in [-0.39, 0.29) is 11.3 Å². The fraction of sp³-hybridized carbons (Fsp3) is 0.532. The maximum absolute atomic E-state index is 17.9. The summed E-state index contributed by atoms with van der Waals surface area (Å²) in [6.07, 6.45) is 10.6. The van der Waals surface area contributed by atoms with Crippen molar-refractivity contribution in [2.24, 2.45) is 27.6 Å². The Balaban J connectivity index is 0.00000118. The van der Waals surface area contributed by atoms with Crippen molar-refractivity contribution in [3.63, 3.8) is 0 Å². The SMILES string of the molecule is C=C(CC)C1=C(C)CC2(C)C(F)C3(C)C(=C(C)C2(C)C1=C)C(=C)C1=C(C)C(/C=C/c2ccc(CC)cc2)=CCC1(C)C3C.CC.CCC. The van der Waals surface area contributed by atoms with Gasteiger partial charge < -0.3 is 0 Å². The van der Waals surface area contributed by atoms with Crippen molar-refractivity contribution >= 4 is 6.08 Å². The monoisotopic (exact) mass is 651 g/mol. The highest BCUT2D eigenvalue weighted by molar-refractivity contribution is 5.69. The Kier molecular flexibility index (Phi) is 11.9. The minimum absolute atomic E-state index is 0.0877. The van der Waals surface area contributed by atoms with E-state index in [1.165, 1.54) is 51.0 Å². The van der Waals surface area contributed by atoms with Crippen LogP contribution in [0.25, 0.3) is 6.08 Å². The lowest BCUT2D eigenvalue weighted by molar-refractivity contribution is -0.0930. The molecule has 5 rings (SSSR count). The number of fused-ring (bicyclic) bond motifs is 3. The van der Waals surface area contributed by atoms with Crippen LogP contribution >= 0.6 is 0 Å². The van der Waals surface area contributed by atoms with E-state index in [1.807, 2.05) is 13.8 Å².